The minimum Gasteiger partial charge on any atom is -0.394 e. The molecule has 0 radical (unpaired) electrons. The molecule has 0 bridgehead atoms. The highest BCUT2D eigenvalue weighted by atomic mass is 16.6. The van der Waals surface area contributed by atoms with Crippen molar-refractivity contribution in [1.82, 2.24) is 0 Å². The van der Waals surface area contributed by atoms with Gasteiger partial charge in [-0.2, -0.15) is 0 Å². The van der Waals surface area contributed by atoms with E-state index in [4.69, 9.17) is 9.84 Å². The fourth-order valence-electron chi connectivity index (χ4n) is 0.414. The van der Waals surface area contributed by atoms with Gasteiger partial charge in [0.05, 0.1) is 13.2 Å². The van der Waals surface area contributed by atoms with Gasteiger partial charge in [-0.1, -0.05) is 20.8 Å². The Morgan fingerprint density at radius 2 is 1.90 bits per heavy atom. The van der Waals surface area contributed by atoms with E-state index in [-0.39, 0.29) is 18.6 Å². The molecule has 0 saturated carbocycles. The fourth-order valence-corrected chi connectivity index (χ4v) is 0.414. The van der Waals surface area contributed by atoms with Crippen LogP contribution in [0.25, 0.3) is 0 Å². The van der Waals surface area contributed by atoms with E-state index in [0.29, 0.717) is 0 Å². The third-order valence-corrected chi connectivity index (χ3v) is 1.11. The summed E-state index contributed by atoms with van der Waals surface area (Å²) in [5, 5.41) is 17.5. The Labute approximate surface area is 61.6 Å². The van der Waals surface area contributed by atoms with Gasteiger partial charge in [0.15, 0.2) is 6.29 Å². The van der Waals surface area contributed by atoms with Gasteiger partial charge >= 0.3 is 0 Å². The summed E-state index contributed by atoms with van der Waals surface area (Å²) in [5.41, 5.74) is -0.269. The predicted molar refractivity (Wildman–Crippen MR) is 38.5 cm³/mol. The highest BCUT2D eigenvalue weighted by molar-refractivity contribution is 4.63. The molecule has 1 unspecified atom stereocenters. The summed E-state index contributed by atoms with van der Waals surface area (Å²) in [4.78, 5) is 0. The normalized spacial score (nSPS) is 15.3. The van der Waals surface area contributed by atoms with E-state index in [1.807, 2.05) is 20.8 Å². The second-order valence-electron chi connectivity index (χ2n) is 3.31. The van der Waals surface area contributed by atoms with E-state index in [9.17, 15) is 5.11 Å². The molecule has 0 aromatic carbocycles. The smallest absolute Gasteiger partial charge is 0.159 e. The average Bonchev–Trinajstić information content (AvgIpc) is 1.80. The maximum Gasteiger partial charge on any atom is 0.159 e. The molecule has 1 atom stereocenters. The van der Waals surface area contributed by atoms with Crippen LogP contribution < -0.4 is 0 Å². The highest BCUT2D eigenvalue weighted by Crippen LogP contribution is 2.19. The van der Waals surface area contributed by atoms with E-state index in [1.54, 1.807) is 0 Å². The van der Waals surface area contributed by atoms with Crippen molar-refractivity contribution in [3.63, 3.8) is 0 Å². The van der Waals surface area contributed by atoms with Crippen LogP contribution in [0, 0.1) is 5.41 Å². The van der Waals surface area contributed by atoms with Crippen LogP contribution in [0.4, 0.5) is 0 Å². The monoisotopic (exact) mass is 148 g/mol. The second-order valence-corrected chi connectivity index (χ2v) is 3.31. The van der Waals surface area contributed by atoms with Crippen molar-refractivity contribution in [3.05, 3.63) is 0 Å². The van der Waals surface area contributed by atoms with Gasteiger partial charge in [0, 0.05) is 5.41 Å². The Morgan fingerprint density at radius 3 is 2.20 bits per heavy atom. The van der Waals surface area contributed by atoms with E-state index >= 15 is 0 Å². The molecular weight excluding hydrogens is 132 g/mol. The van der Waals surface area contributed by atoms with Gasteiger partial charge in [-0.3, -0.25) is 0 Å². The summed E-state index contributed by atoms with van der Waals surface area (Å²) in [5.74, 6) is 0. The number of hydrogen-bond donors (Lipinski definition) is 2. The average molecular weight is 148 g/mol. The van der Waals surface area contributed by atoms with Crippen molar-refractivity contribution in [2.75, 3.05) is 13.2 Å². The van der Waals surface area contributed by atoms with E-state index < -0.39 is 6.29 Å². The molecule has 0 aliphatic carbocycles. The molecule has 0 aromatic heterocycles. The molecule has 0 fully saturated rings. The predicted octanol–water partition coefficient (Wildman–Crippen LogP) is 0.360. The van der Waals surface area contributed by atoms with Crippen molar-refractivity contribution >= 4 is 0 Å². The van der Waals surface area contributed by atoms with Crippen LogP contribution in [-0.2, 0) is 4.74 Å². The lowest BCUT2D eigenvalue weighted by atomic mass is 9.96. The van der Waals surface area contributed by atoms with Crippen molar-refractivity contribution in [1.29, 1.82) is 0 Å². The first-order chi connectivity index (χ1) is 4.48. The molecule has 0 aliphatic rings. The largest absolute Gasteiger partial charge is 0.394 e. The van der Waals surface area contributed by atoms with Crippen LogP contribution in [0.5, 0.6) is 0 Å². The van der Waals surface area contributed by atoms with Gasteiger partial charge in [-0.05, 0) is 0 Å². The molecule has 3 nitrogen and oxygen atoms in total. The van der Waals surface area contributed by atoms with Crippen molar-refractivity contribution < 1.29 is 14.9 Å². The van der Waals surface area contributed by atoms with Crippen LogP contribution in [0.2, 0.25) is 0 Å². The lowest BCUT2D eigenvalue weighted by Crippen LogP contribution is -2.29. The van der Waals surface area contributed by atoms with Gasteiger partial charge in [0.25, 0.3) is 0 Å². The molecule has 0 rings (SSSR count). The molecule has 0 aliphatic heterocycles. The Bertz CT molecular complexity index is 85.3. The number of hydrogen-bond acceptors (Lipinski definition) is 3. The van der Waals surface area contributed by atoms with Gasteiger partial charge in [-0.15, -0.1) is 0 Å². The first kappa shape index (κ1) is 9.88. The Balaban J connectivity index is 3.52. The Kier molecular flexibility index (Phi) is 3.86. The highest BCUT2D eigenvalue weighted by Gasteiger charge is 2.21. The van der Waals surface area contributed by atoms with E-state index in [0.717, 1.165) is 0 Å². The minimum absolute atomic E-state index is 0.0485. The van der Waals surface area contributed by atoms with E-state index in [1.165, 1.54) is 0 Å². The first-order valence-electron chi connectivity index (χ1n) is 3.39. The second kappa shape index (κ2) is 3.91. The third kappa shape index (κ3) is 3.82. The van der Waals surface area contributed by atoms with Crippen LogP contribution in [0.1, 0.15) is 20.8 Å². The van der Waals surface area contributed by atoms with Crippen LogP contribution in [-0.4, -0.2) is 29.7 Å². The van der Waals surface area contributed by atoms with Gasteiger partial charge in [0.2, 0.25) is 0 Å². The molecule has 0 aromatic rings. The fraction of sp³-hybridized carbons (Fsp3) is 1.00. The maximum atomic E-state index is 9.18. The lowest BCUT2D eigenvalue weighted by molar-refractivity contribution is -0.163. The Hall–Kier alpha value is -0.120. The summed E-state index contributed by atoms with van der Waals surface area (Å²) >= 11 is 0. The number of aliphatic hydroxyl groups excluding tert-OH is 2. The molecular formula is C7H16O3. The molecule has 3 heteroatoms. The minimum atomic E-state index is -0.792. The van der Waals surface area contributed by atoms with Crippen molar-refractivity contribution in [2.24, 2.45) is 5.41 Å². The Morgan fingerprint density at radius 1 is 1.40 bits per heavy atom. The van der Waals surface area contributed by atoms with Crippen LogP contribution in [0.15, 0.2) is 0 Å². The first-order valence-corrected chi connectivity index (χ1v) is 3.39. The van der Waals surface area contributed by atoms with Crippen LogP contribution >= 0.6 is 0 Å². The third-order valence-electron chi connectivity index (χ3n) is 1.11. The molecule has 0 amide bonds. The number of rotatable bonds is 3. The summed E-state index contributed by atoms with van der Waals surface area (Å²) in [7, 11) is 0. The topological polar surface area (TPSA) is 49.7 Å². The molecule has 0 saturated heterocycles. The standard InChI is InChI=1S/C7H16O3/c1-7(2,3)6(9)10-5-4-8/h6,8-9H,4-5H2,1-3H3. The quantitative estimate of drug-likeness (QED) is 0.568. The van der Waals surface area contributed by atoms with Crippen molar-refractivity contribution in [3.8, 4) is 0 Å². The van der Waals surface area contributed by atoms with Gasteiger partial charge < -0.3 is 14.9 Å². The summed E-state index contributed by atoms with van der Waals surface area (Å²) in [6.45, 7) is 5.75. The molecule has 2 N–H and O–H groups in total. The van der Waals surface area contributed by atoms with Crippen LogP contribution in [0.3, 0.4) is 0 Å². The SMILES string of the molecule is CC(C)(C)C(O)OCCO. The zero-order valence-electron chi connectivity index (χ0n) is 6.79. The number of aliphatic hydroxyl groups is 2. The summed E-state index contributed by atoms with van der Waals surface area (Å²) in [6, 6.07) is 0. The van der Waals surface area contributed by atoms with Gasteiger partial charge in [-0.25, -0.2) is 0 Å². The molecule has 62 valence electrons. The molecule has 10 heavy (non-hydrogen) atoms. The molecule has 0 spiro atoms. The van der Waals surface area contributed by atoms with E-state index in [2.05, 4.69) is 0 Å². The zero-order valence-corrected chi connectivity index (χ0v) is 6.79. The maximum absolute atomic E-state index is 9.18. The lowest BCUT2D eigenvalue weighted by Gasteiger charge is -2.25. The summed E-state index contributed by atoms with van der Waals surface area (Å²) in [6.07, 6.45) is -0.792. The molecule has 0 heterocycles. The zero-order chi connectivity index (χ0) is 8.20. The number of ether oxygens (including phenoxy) is 1. The summed E-state index contributed by atoms with van der Waals surface area (Å²) < 4.78 is 4.86. The van der Waals surface area contributed by atoms with Crippen molar-refractivity contribution in [2.45, 2.75) is 27.1 Å². The van der Waals surface area contributed by atoms with Gasteiger partial charge in [0.1, 0.15) is 0 Å².